The molecule has 0 spiro atoms. The summed E-state index contributed by atoms with van der Waals surface area (Å²) in [5.41, 5.74) is 7.91. The van der Waals surface area contributed by atoms with Crippen LogP contribution in [0, 0.1) is 5.82 Å². The third-order valence-corrected chi connectivity index (χ3v) is 1.60. The van der Waals surface area contributed by atoms with E-state index >= 15 is 0 Å². The van der Waals surface area contributed by atoms with Crippen LogP contribution in [0.15, 0.2) is 29.4 Å². The highest BCUT2D eigenvalue weighted by Crippen LogP contribution is 2.07. The molecule has 0 aliphatic heterocycles. The molecule has 4 N–H and O–H groups in total. The van der Waals surface area contributed by atoms with Gasteiger partial charge in [-0.2, -0.15) is 5.10 Å². The molecule has 1 aromatic rings. The molecule has 0 amide bonds. The van der Waals surface area contributed by atoms with Crippen LogP contribution in [-0.4, -0.2) is 23.3 Å². The Hall–Kier alpha value is -1.95. The van der Waals surface area contributed by atoms with Gasteiger partial charge in [0.25, 0.3) is 0 Å². The summed E-state index contributed by atoms with van der Waals surface area (Å²) in [4.78, 5) is 10.5. The molecule has 0 aromatic heterocycles. The molecule has 0 heterocycles. The third-order valence-electron chi connectivity index (χ3n) is 1.60. The first kappa shape index (κ1) is 11.1. The number of rotatable bonds is 4. The van der Waals surface area contributed by atoms with Crippen LogP contribution in [0.2, 0.25) is 0 Å². The van der Waals surface area contributed by atoms with E-state index in [1.165, 1.54) is 24.3 Å². The van der Waals surface area contributed by atoms with Gasteiger partial charge < -0.3 is 10.8 Å². The number of nitrogens with zero attached hydrogens (tertiary/aromatic N) is 1. The Labute approximate surface area is 85.4 Å². The maximum atomic E-state index is 12.5. The summed E-state index contributed by atoms with van der Waals surface area (Å²) in [6, 6.07) is 5.35. The van der Waals surface area contributed by atoms with Crippen molar-refractivity contribution < 1.29 is 14.3 Å². The quantitative estimate of drug-likeness (QED) is 0.503. The second-order valence-electron chi connectivity index (χ2n) is 2.69. The van der Waals surface area contributed by atoms with E-state index in [2.05, 4.69) is 10.5 Å². The van der Waals surface area contributed by atoms with Crippen molar-refractivity contribution in [3.8, 4) is 0 Å². The Morgan fingerprint density at radius 3 is 2.53 bits per heavy atom. The number of hydrazone groups is 1. The molecule has 0 unspecified atom stereocenters. The summed E-state index contributed by atoms with van der Waals surface area (Å²) in [6.45, 7) is -0.177. The molecule has 0 atom stereocenters. The zero-order valence-corrected chi connectivity index (χ0v) is 7.77. The molecular weight excluding hydrogens is 201 g/mol. The Bertz CT molecular complexity index is 375. The smallest absolute Gasteiger partial charge is 0.353 e. The number of halogens is 1. The fraction of sp³-hybridized carbons (Fsp3) is 0.111. The van der Waals surface area contributed by atoms with Crippen molar-refractivity contribution in [2.24, 2.45) is 10.8 Å². The first-order valence-electron chi connectivity index (χ1n) is 4.15. The molecule has 15 heavy (non-hydrogen) atoms. The lowest BCUT2D eigenvalue weighted by Crippen LogP contribution is -2.24. The van der Waals surface area contributed by atoms with Crippen LogP contribution in [0.4, 0.5) is 10.1 Å². The Morgan fingerprint density at radius 2 is 2.07 bits per heavy atom. The Morgan fingerprint density at radius 1 is 1.47 bits per heavy atom. The van der Waals surface area contributed by atoms with Crippen LogP contribution >= 0.6 is 0 Å². The lowest BCUT2D eigenvalue weighted by atomic mass is 10.3. The number of carboxylic acids is 1. The van der Waals surface area contributed by atoms with Crippen LogP contribution in [0.25, 0.3) is 0 Å². The SMILES string of the molecule is NC/C(=N\Nc1ccc(F)cc1)C(=O)O. The fourth-order valence-corrected chi connectivity index (χ4v) is 0.837. The van der Waals surface area contributed by atoms with Crippen LogP contribution in [0.3, 0.4) is 0 Å². The zero-order chi connectivity index (χ0) is 11.3. The van der Waals surface area contributed by atoms with E-state index in [4.69, 9.17) is 10.8 Å². The highest BCUT2D eigenvalue weighted by molar-refractivity contribution is 6.36. The largest absolute Gasteiger partial charge is 0.477 e. The highest BCUT2D eigenvalue weighted by atomic mass is 19.1. The minimum absolute atomic E-state index is 0.177. The summed E-state index contributed by atoms with van der Waals surface area (Å²) in [5, 5.41) is 12.1. The number of benzene rings is 1. The van der Waals surface area contributed by atoms with E-state index in [9.17, 15) is 9.18 Å². The molecule has 0 saturated carbocycles. The maximum Gasteiger partial charge on any atom is 0.353 e. The van der Waals surface area contributed by atoms with Gasteiger partial charge in [-0.25, -0.2) is 9.18 Å². The van der Waals surface area contributed by atoms with Crippen LogP contribution in [0.5, 0.6) is 0 Å². The van der Waals surface area contributed by atoms with E-state index in [1.54, 1.807) is 0 Å². The minimum Gasteiger partial charge on any atom is -0.477 e. The van der Waals surface area contributed by atoms with Crippen molar-refractivity contribution in [1.82, 2.24) is 0 Å². The van der Waals surface area contributed by atoms with Gasteiger partial charge in [-0.15, -0.1) is 0 Å². The molecule has 1 aromatic carbocycles. The summed E-state index contributed by atoms with van der Waals surface area (Å²) in [6.07, 6.45) is 0. The first-order valence-corrected chi connectivity index (χ1v) is 4.15. The molecule has 1 rings (SSSR count). The van der Waals surface area contributed by atoms with Gasteiger partial charge in [0.15, 0.2) is 5.71 Å². The standard InChI is InChI=1S/C9H10FN3O2/c10-6-1-3-7(4-2-6)12-13-8(5-11)9(14)15/h1-4,12H,5,11H2,(H,14,15)/b13-8+. The fourth-order valence-electron chi connectivity index (χ4n) is 0.837. The summed E-state index contributed by atoms with van der Waals surface area (Å²) in [5.74, 6) is -1.56. The van der Waals surface area contributed by atoms with E-state index < -0.39 is 5.97 Å². The topological polar surface area (TPSA) is 87.7 Å². The Kier molecular flexibility index (Phi) is 3.75. The number of nitrogens with two attached hydrogens (primary N) is 1. The zero-order valence-electron chi connectivity index (χ0n) is 7.77. The van der Waals surface area contributed by atoms with Gasteiger partial charge in [0.2, 0.25) is 0 Å². The molecule has 6 heteroatoms. The molecule has 80 valence electrons. The number of carbonyl (C=O) groups is 1. The molecule has 0 aliphatic carbocycles. The van der Waals surface area contributed by atoms with Crippen LogP contribution < -0.4 is 11.2 Å². The van der Waals surface area contributed by atoms with Crippen molar-refractivity contribution in [1.29, 1.82) is 0 Å². The monoisotopic (exact) mass is 211 g/mol. The summed E-state index contributed by atoms with van der Waals surface area (Å²) >= 11 is 0. The first-order chi connectivity index (χ1) is 7.13. The van der Waals surface area contributed by atoms with Gasteiger partial charge in [-0.05, 0) is 24.3 Å². The van der Waals surface area contributed by atoms with Crippen molar-refractivity contribution in [2.75, 3.05) is 12.0 Å². The molecule has 0 aliphatic rings. The number of hydrogen-bond acceptors (Lipinski definition) is 4. The summed E-state index contributed by atoms with van der Waals surface area (Å²) in [7, 11) is 0. The van der Waals surface area contributed by atoms with Crippen LogP contribution in [0.1, 0.15) is 0 Å². The van der Waals surface area contributed by atoms with E-state index in [-0.39, 0.29) is 18.1 Å². The van der Waals surface area contributed by atoms with Crippen molar-refractivity contribution in [3.05, 3.63) is 30.1 Å². The highest BCUT2D eigenvalue weighted by Gasteiger charge is 2.05. The lowest BCUT2D eigenvalue weighted by molar-refractivity contribution is -0.129. The van der Waals surface area contributed by atoms with E-state index in [1.807, 2.05) is 0 Å². The van der Waals surface area contributed by atoms with Crippen LogP contribution in [-0.2, 0) is 4.79 Å². The molecule has 5 nitrogen and oxygen atoms in total. The second kappa shape index (κ2) is 5.06. The number of nitrogens with one attached hydrogen (secondary N) is 1. The van der Waals surface area contributed by atoms with E-state index in [0.717, 1.165) is 0 Å². The van der Waals surface area contributed by atoms with Crippen molar-refractivity contribution >= 4 is 17.4 Å². The number of carboxylic acid groups (broad SMARTS) is 1. The molecule has 0 saturated heterocycles. The van der Waals surface area contributed by atoms with Gasteiger partial charge in [0.1, 0.15) is 5.82 Å². The maximum absolute atomic E-state index is 12.5. The Balaban J connectivity index is 2.70. The second-order valence-corrected chi connectivity index (χ2v) is 2.69. The number of hydrogen-bond donors (Lipinski definition) is 3. The van der Waals surface area contributed by atoms with Crippen molar-refractivity contribution in [2.45, 2.75) is 0 Å². The average Bonchev–Trinajstić information content (AvgIpc) is 2.21. The van der Waals surface area contributed by atoms with Gasteiger partial charge in [0, 0.05) is 6.54 Å². The minimum atomic E-state index is -1.19. The van der Waals surface area contributed by atoms with E-state index in [0.29, 0.717) is 5.69 Å². The third kappa shape index (κ3) is 3.35. The molecule has 0 radical (unpaired) electrons. The normalized spacial score (nSPS) is 11.2. The molecule has 0 bridgehead atoms. The van der Waals surface area contributed by atoms with Gasteiger partial charge in [-0.3, -0.25) is 5.43 Å². The predicted molar refractivity (Wildman–Crippen MR) is 54.1 cm³/mol. The lowest BCUT2D eigenvalue weighted by Gasteiger charge is -2.01. The van der Waals surface area contributed by atoms with Gasteiger partial charge in [-0.1, -0.05) is 0 Å². The van der Waals surface area contributed by atoms with Crippen molar-refractivity contribution in [3.63, 3.8) is 0 Å². The molecule has 0 fully saturated rings. The number of anilines is 1. The summed E-state index contributed by atoms with van der Waals surface area (Å²) < 4.78 is 12.5. The van der Waals surface area contributed by atoms with Gasteiger partial charge in [0.05, 0.1) is 5.69 Å². The number of aliphatic carboxylic acids is 1. The van der Waals surface area contributed by atoms with Gasteiger partial charge >= 0.3 is 5.97 Å². The average molecular weight is 211 g/mol. The predicted octanol–water partition coefficient (Wildman–Crippen LogP) is 0.637. The molecular formula is C9H10FN3O2.